The van der Waals surface area contributed by atoms with Gasteiger partial charge in [-0.1, -0.05) is 13.8 Å². The Morgan fingerprint density at radius 2 is 1.71 bits per heavy atom. The van der Waals surface area contributed by atoms with Crippen LogP contribution in [0.4, 0.5) is 0 Å². The highest BCUT2D eigenvalue weighted by atomic mass is 16.7. The van der Waals surface area contributed by atoms with Gasteiger partial charge in [0.05, 0.1) is 13.0 Å². The van der Waals surface area contributed by atoms with Gasteiger partial charge in [-0.25, -0.2) is 0 Å². The molecule has 0 amide bonds. The molecule has 0 saturated carbocycles. The smallest absolute Gasteiger partial charge is 0.308 e. The second kappa shape index (κ2) is 11.7. The number of aliphatic hydroxyl groups excluding tert-OH is 3. The number of phenols is 3. The molecule has 1 fully saturated rings. The standard InChI is InChI=1S/C27H30O14/c1-4-10(2)26(36)38-9-16-18(30)21(33)23(35)27(41-16)40-15-8-14-17(20(32)25(15)37-3)19(31)22(34)24(39-14)11-5-6-12(28)13(29)7-11/h5-8,10,16,18,21,23,27-30,32-35H,4,9H2,1-3H3/t10-,16-,18-,21+,23+,27-/m1/s1. The largest absolute Gasteiger partial charge is 0.504 e. The number of methoxy groups -OCH3 is 1. The van der Waals surface area contributed by atoms with Crippen molar-refractivity contribution in [2.45, 2.75) is 51.0 Å². The highest BCUT2D eigenvalue weighted by Crippen LogP contribution is 2.45. The molecule has 1 aliphatic heterocycles. The highest BCUT2D eigenvalue weighted by molar-refractivity contribution is 5.91. The van der Waals surface area contributed by atoms with E-state index in [4.69, 9.17) is 23.4 Å². The molecule has 14 nitrogen and oxygen atoms in total. The number of fused-ring (bicyclic) bond motifs is 1. The Balaban J connectivity index is 1.72. The lowest BCUT2D eigenvalue weighted by atomic mass is 9.99. The molecule has 1 aliphatic rings. The maximum absolute atomic E-state index is 13.0. The second-order valence-corrected chi connectivity index (χ2v) is 9.51. The molecule has 0 spiro atoms. The number of esters is 1. The van der Waals surface area contributed by atoms with Crippen LogP contribution in [0.2, 0.25) is 0 Å². The molecule has 4 rings (SSSR count). The van der Waals surface area contributed by atoms with Crippen molar-refractivity contribution in [3.63, 3.8) is 0 Å². The third-order valence-corrected chi connectivity index (χ3v) is 6.81. The highest BCUT2D eigenvalue weighted by Gasteiger charge is 2.46. The first-order valence-electron chi connectivity index (χ1n) is 12.5. The van der Waals surface area contributed by atoms with E-state index in [1.54, 1.807) is 13.8 Å². The number of aromatic hydroxyl groups is 4. The quantitative estimate of drug-likeness (QED) is 0.147. The Morgan fingerprint density at radius 3 is 2.34 bits per heavy atom. The van der Waals surface area contributed by atoms with Crippen LogP contribution in [-0.2, 0) is 14.3 Å². The summed E-state index contributed by atoms with van der Waals surface area (Å²) in [5, 5.41) is 71.6. The molecule has 0 bridgehead atoms. The molecule has 2 aromatic carbocycles. The minimum atomic E-state index is -1.82. The number of ether oxygens (including phenoxy) is 4. The van der Waals surface area contributed by atoms with Crippen LogP contribution >= 0.6 is 0 Å². The summed E-state index contributed by atoms with van der Waals surface area (Å²) in [6.45, 7) is 2.97. The molecule has 0 radical (unpaired) electrons. The van der Waals surface area contributed by atoms with E-state index in [1.807, 2.05) is 0 Å². The van der Waals surface area contributed by atoms with Crippen molar-refractivity contribution < 1.29 is 63.9 Å². The number of aliphatic hydroxyl groups is 3. The van der Waals surface area contributed by atoms with E-state index in [9.17, 15) is 45.3 Å². The Hall–Kier alpha value is -4.24. The van der Waals surface area contributed by atoms with Crippen molar-refractivity contribution in [1.29, 1.82) is 0 Å². The molecule has 1 saturated heterocycles. The van der Waals surface area contributed by atoms with Gasteiger partial charge < -0.3 is 59.1 Å². The Morgan fingerprint density at radius 1 is 1.00 bits per heavy atom. The molecule has 3 aromatic rings. The molecular formula is C27H30O14. The van der Waals surface area contributed by atoms with Crippen molar-refractivity contribution >= 4 is 16.9 Å². The van der Waals surface area contributed by atoms with E-state index in [-0.39, 0.29) is 16.9 Å². The lowest BCUT2D eigenvalue weighted by Crippen LogP contribution is -2.60. The minimum Gasteiger partial charge on any atom is -0.504 e. The van der Waals surface area contributed by atoms with E-state index < -0.39 is 94.5 Å². The molecule has 6 atom stereocenters. The molecule has 0 unspecified atom stereocenters. The number of hydrogen-bond acceptors (Lipinski definition) is 14. The van der Waals surface area contributed by atoms with Gasteiger partial charge in [0.15, 0.2) is 28.8 Å². The second-order valence-electron chi connectivity index (χ2n) is 9.51. The van der Waals surface area contributed by atoms with E-state index in [0.717, 1.165) is 25.3 Å². The summed E-state index contributed by atoms with van der Waals surface area (Å²) in [4.78, 5) is 25.1. The molecule has 0 aliphatic carbocycles. The van der Waals surface area contributed by atoms with Crippen molar-refractivity contribution in [2.75, 3.05) is 13.7 Å². The van der Waals surface area contributed by atoms with Crippen molar-refractivity contribution in [3.8, 4) is 45.8 Å². The summed E-state index contributed by atoms with van der Waals surface area (Å²) in [6, 6.07) is 4.48. The lowest BCUT2D eigenvalue weighted by Gasteiger charge is -2.40. The number of phenolic OH excluding ortho intramolecular Hbond substituents is 3. The SMILES string of the molecule is CC[C@@H](C)C(=O)OC[C@H]1O[C@@H](Oc2cc3oc(-c4ccc(O)c(O)c4)c(O)c(=O)c3c(O)c2OC)[C@@H](O)[C@@H](O)[C@@H]1O. The topological polar surface area (TPSA) is 226 Å². The van der Waals surface area contributed by atoms with Gasteiger partial charge in [-0.05, 0) is 24.6 Å². The predicted molar refractivity (Wildman–Crippen MR) is 139 cm³/mol. The first kappa shape index (κ1) is 29.7. The number of benzene rings is 2. The first-order valence-corrected chi connectivity index (χ1v) is 12.5. The maximum Gasteiger partial charge on any atom is 0.308 e. The number of hydrogen-bond donors (Lipinski definition) is 7. The van der Waals surface area contributed by atoms with Gasteiger partial charge in [0, 0.05) is 11.6 Å². The first-order chi connectivity index (χ1) is 19.4. The summed E-state index contributed by atoms with van der Waals surface area (Å²) >= 11 is 0. The fourth-order valence-electron chi connectivity index (χ4n) is 4.18. The van der Waals surface area contributed by atoms with Gasteiger partial charge in [-0.3, -0.25) is 9.59 Å². The van der Waals surface area contributed by atoms with Crippen LogP contribution in [0.25, 0.3) is 22.3 Å². The molecule has 14 heteroatoms. The maximum atomic E-state index is 13.0. The molecule has 7 N–H and O–H groups in total. The van der Waals surface area contributed by atoms with Crippen molar-refractivity contribution in [1.82, 2.24) is 0 Å². The Bertz CT molecular complexity index is 1500. The van der Waals surface area contributed by atoms with Gasteiger partial charge in [-0.2, -0.15) is 0 Å². The van der Waals surface area contributed by atoms with Crippen LogP contribution in [0.3, 0.4) is 0 Å². The van der Waals surface area contributed by atoms with E-state index in [1.165, 1.54) is 6.07 Å². The third kappa shape index (κ3) is 5.54. The van der Waals surface area contributed by atoms with Crippen LogP contribution in [-0.4, -0.2) is 86.1 Å². The van der Waals surface area contributed by atoms with Gasteiger partial charge in [0.25, 0.3) is 0 Å². The molecule has 222 valence electrons. The average molecular weight is 579 g/mol. The Labute approximate surface area is 232 Å². The summed E-state index contributed by atoms with van der Waals surface area (Å²) in [6.07, 6.45) is -7.75. The van der Waals surface area contributed by atoms with Crippen LogP contribution in [0.15, 0.2) is 33.5 Å². The summed E-state index contributed by atoms with van der Waals surface area (Å²) < 4.78 is 27.3. The van der Waals surface area contributed by atoms with Crippen LogP contribution in [0.5, 0.6) is 34.5 Å². The molecule has 1 aromatic heterocycles. The van der Waals surface area contributed by atoms with Gasteiger partial charge in [0.2, 0.25) is 23.2 Å². The zero-order valence-electron chi connectivity index (χ0n) is 22.2. The van der Waals surface area contributed by atoms with Gasteiger partial charge >= 0.3 is 5.97 Å². The minimum absolute atomic E-state index is 0.00695. The van der Waals surface area contributed by atoms with Gasteiger partial charge in [0.1, 0.15) is 42.0 Å². The van der Waals surface area contributed by atoms with Crippen LogP contribution < -0.4 is 14.9 Å². The van der Waals surface area contributed by atoms with Crippen molar-refractivity contribution in [2.24, 2.45) is 5.92 Å². The lowest BCUT2D eigenvalue weighted by molar-refractivity contribution is -0.279. The zero-order chi connectivity index (χ0) is 30.2. The third-order valence-electron chi connectivity index (χ3n) is 6.81. The molecule has 2 heterocycles. The predicted octanol–water partition coefficient (Wildman–Crippen LogP) is 1.07. The average Bonchev–Trinajstić information content (AvgIpc) is 2.95. The monoisotopic (exact) mass is 578 g/mol. The van der Waals surface area contributed by atoms with E-state index >= 15 is 0 Å². The van der Waals surface area contributed by atoms with Crippen LogP contribution in [0, 0.1) is 5.92 Å². The normalized spacial score (nSPS) is 23.2. The fraction of sp³-hybridized carbons (Fsp3) is 0.407. The van der Waals surface area contributed by atoms with E-state index in [0.29, 0.717) is 6.42 Å². The summed E-state index contributed by atoms with van der Waals surface area (Å²) in [5.74, 6) is -4.87. The summed E-state index contributed by atoms with van der Waals surface area (Å²) in [7, 11) is 1.14. The number of rotatable bonds is 8. The molecular weight excluding hydrogens is 548 g/mol. The van der Waals surface area contributed by atoms with Crippen LogP contribution in [0.1, 0.15) is 20.3 Å². The fourth-order valence-corrected chi connectivity index (χ4v) is 4.18. The number of carbonyl (C=O) groups excluding carboxylic acids is 1. The van der Waals surface area contributed by atoms with Crippen molar-refractivity contribution in [3.05, 3.63) is 34.5 Å². The Kier molecular flexibility index (Phi) is 8.49. The van der Waals surface area contributed by atoms with Gasteiger partial charge in [-0.15, -0.1) is 0 Å². The van der Waals surface area contributed by atoms with E-state index in [2.05, 4.69) is 0 Å². The summed E-state index contributed by atoms with van der Waals surface area (Å²) in [5.41, 5.74) is -1.38. The molecule has 41 heavy (non-hydrogen) atoms. The number of carbonyl (C=O) groups is 1. The zero-order valence-corrected chi connectivity index (χ0v) is 22.2.